The van der Waals surface area contributed by atoms with Gasteiger partial charge in [-0.05, 0) is 42.5 Å². The lowest BCUT2D eigenvalue weighted by atomic mass is 9.74. The van der Waals surface area contributed by atoms with Crippen LogP contribution in [0, 0.1) is 5.41 Å². The van der Waals surface area contributed by atoms with Gasteiger partial charge in [-0.3, -0.25) is 0 Å². The van der Waals surface area contributed by atoms with E-state index in [1.165, 1.54) is 0 Å². The molecule has 6 rings (SSSR count). The lowest BCUT2D eigenvalue weighted by Crippen LogP contribution is -2.58. The maximum Gasteiger partial charge on any atom is 0.320 e. The van der Waals surface area contributed by atoms with Gasteiger partial charge in [0.25, 0.3) is 0 Å². The molecule has 5 aliphatic rings. The summed E-state index contributed by atoms with van der Waals surface area (Å²) in [4.78, 5) is 21.7. The number of hydrogen-bond donors (Lipinski definition) is 0. The number of nitrogens with zero attached hydrogens (tertiary/aromatic N) is 4. The Morgan fingerprint density at radius 2 is 1.37 bits per heavy atom. The molecule has 2 atom stereocenters. The van der Waals surface area contributed by atoms with E-state index in [4.69, 9.17) is 0 Å². The molecular formula is C24H36N4O5S2. The summed E-state index contributed by atoms with van der Waals surface area (Å²) < 4.78 is 47.2. The average molecular weight is 525 g/mol. The minimum atomic E-state index is -3.03. The van der Waals surface area contributed by atoms with Gasteiger partial charge in [-0.1, -0.05) is 13.8 Å². The van der Waals surface area contributed by atoms with Crippen LogP contribution in [-0.2, 0) is 19.7 Å². The van der Waals surface area contributed by atoms with Crippen molar-refractivity contribution < 1.29 is 21.6 Å². The Labute approximate surface area is 208 Å². The fourth-order valence-corrected chi connectivity index (χ4v) is 8.63. The summed E-state index contributed by atoms with van der Waals surface area (Å²) in [6.45, 7) is 7.60. The van der Waals surface area contributed by atoms with E-state index in [0.717, 1.165) is 30.8 Å². The first kappa shape index (κ1) is 24.7. The van der Waals surface area contributed by atoms with Gasteiger partial charge in [-0.2, -0.15) is 0 Å². The number of urea groups is 1. The van der Waals surface area contributed by atoms with Crippen molar-refractivity contribution in [2.24, 2.45) is 5.41 Å². The van der Waals surface area contributed by atoms with Crippen LogP contribution in [0.4, 0.5) is 16.2 Å². The Morgan fingerprint density at radius 1 is 0.829 bits per heavy atom. The molecule has 11 heteroatoms. The van der Waals surface area contributed by atoms with Crippen molar-refractivity contribution in [3.05, 3.63) is 24.3 Å². The fraction of sp³-hybridized carbons (Fsp3) is 0.708. The summed E-state index contributed by atoms with van der Waals surface area (Å²) in [5.41, 5.74) is 2.20. The van der Waals surface area contributed by atoms with Gasteiger partial charge in [-0.15, -0.1) is 0 Å². The average Bonchev–Trinajstić information content (AvgIpc) is 3.06. The van der Waals surface area contributed by atoms with Crippen LogP contribution in [0.25, 0.3) is 0 Å². The Hall–Kier alpha value is -2.01. The van der Waals surface area contributed by atoms with Gasteiger partial charge >= 0.3 is 6.03 Å². The number of rotatable bonds is 2. The molecule has 5 aliphatic heterocycles. The molecule has 0 unspecified atom stereocenters. The number of piperidine rings is 1. The summed E-state index contributed by atoms with van der Waals surface area (Å²) in [6, 6.07) is 8.74. The van der Waals surface area contributed by atoms with Crippen LogP contribution in [0.2, 0.25) is 0 Å². The molecule has 9 nitrogen and oxygen atoms in total. The molecule has 0 aliphatic carbocycles. The monoisotopic (exact) mass is 524 g/mol. The molecule has 0 aromatic heterocycles. The van der Waals surface area contributed by atoms with E-state index < -0.39 is 19.7 Å². The van der Waals surface area contributed by atoms with Crippen LogP contribution in [0.5, 0.6) is 0 Å². The van der Waals surface area contributed by atoms with E-state index in [-0.39, 0.29) is 53.6 Å². The number of anilines is 2. The molecule has 0 N–H and O–H groups in total. The zero-order valence-electron chi connectivity index (χ0n) is 20.6. The van der Waals surface area contributed by atoms with Crippen LogP contribution < -0.4 is 9.80 Å². The third-order valence-electron chi connectivity index (χ3n) is 8.28. The Bertz CT molecular complexity index is 1150. The van der Waals surface area contributed by atoms with Crippen LogP contribution >= 0.6 is 0 Å². The molecule has 1 aromatic rings. The number of sulfone groups is 2. The highest BCUT2D eigenvalue weighted by Gasteiger charge is 2.48. The van der Waals surface area contributed by atoms with Crippen LogP contribution in [-0.4, -0.2) is 107 Å². The quantitative estimate of drug-likeness (QED) is 0.578. The maximum atomic E-state index is 13.4. The van der Waals surface area contributed by atoms with Crippen molar-refractivity contribution >= 4 is 37.1 Å². The molecule has 5 heterocycles. The molecule has 2 bridgehead atoms. The maximum absolute atomic E-state index is 13.4. The summed E-state index contributed by atoms with van der Waals surface area (Å²) in [5, 5.41) is 0. The van der Waals surface area contributed by atoms with Gasteiger partial charge in [-0.25, -0.2) is 21.6 Å². The minimum absolute atomic E-state index is 0.0291. The first-order chi connectivity index (χ1) is 16.4. The van der Waals surface area contributed by atoms with Gasteiger partial charge < -0.3 is 19.6 Å². The third kappa shape index (κ3) is 4.98. The number of benzene rings is 1. The van der Waals surface area contributed by atoms with Gasteiger partial charge in [0.15, 0.2) is 19.7 Å². The third-order valence-corrected chi connectivity index (χ3v) is 11.5. The smallest absolute Gasteiger partial charge is 0.320 e. The molecule has 0 radical (unpaired) electrons. The predicted molar refractivity (Wildman–Crippen MR) is 138 cm³/mol. The standard InChI is InChI=1S/C24H36N4O5S2/c1-24(2)17-21-18-28(20-5-3-19(4-6-20)25-9-13-34(30,31)14-10-25)22(24)7-8-27(21)23(29)26-11-15-35(32,33)16-12-26/h3-6,21-22H,7-18H2,1-2H3/t21-,22+/m1/s1. The van der Waals surface area contributed by atoms with E-state index in [0.29, 0.717) is 25.7 Å². The number of carbonyl (C=O) groups excluding carboxylic acids is 1. The number of hydrogen-bond acceptors (Lipinski definition) is 7. The number of fused-ring (bicyclic) bond motifs is 4. The van der Waals surface area contributed by atoms with Crippen LogP contribution in [0.1, 0.15) is 26.7 Å². The van der Waals surface area contributed by atoms with Crippen molar-refractivity contribution in [2.75, 3.05) is 72.1 Å². The molecule has 194 valence electrons. The largest absolute Gasteiger partial charge is 0.369 e. The molecule has 35 heavy (non-hydrogen) atoms. The van der Waals surface area contributed by atoms with Gasteiger partial charge in [0, 0.05) is 56.7 Å². The zero-order chi connectivity index (χ0) is 25.0. The molecule has 0 spiro atoms. The predicted octanol–water partition coefficient (Wildman–Crippen LogP) is 1.45. The normalized spacial score (nSPS) is 29.7. The van der Waals surface area contributed by atoms with Crippen molar-refractivity contribution in [2.45, 2.75) is 38.8 Å². The first-order valence-corrected chi connectivity index (χ1v) is 16.2. The van der Waals surface area contributed by atoms with Crippen molar-refractivity contribution in [1.82, 2.24) is 9.80 Å². The minimum Gasteiger partial charge on any atom is -0.369 e. The van der Waals surface area contributed by atoms with Gasteiger partial charge in [0.05, 0.1) is 29.1 Å². The van der Waals surface area contributed by atoms with E-state index in [2.05, 4.69) is 47.9 Å². The summed E-state index contributed by atoms with van der Waals surface area (Å²) in [7, 11) is -5.95. The number of amides is 2. The van der Waals surface area contributed by atoms with Crippen LogP contribution in [0.15, 0.2) is 24.3 Å². The summed E-state index contributed by atoms with van der Waals surface area (Å²) in [5.74, 6) is 0.497. The van der Waals surface area contributed by atoms with Crippen molar-refractivity contribution in [3.8, 4) is 0 Å². The Kier molecular flexibility index (Phi) is 6.22. The lowest BCUT2D eigenvalue weighted by molar-refractivity contribution is 0.122. The van der Waals surface area contributed by atoms with Crippen molar-refractivity contribution in [3.63, 3.8) is 0 Å². The Balaban J connectivity index is 1.32. The molecule has 0 saturated carbocycles. The molecule has 5 fully saturated rings. The summed E-state index contributed by atoms with van der Waals surface area (Å²) >= 11 is 0. The Morgan fingerprint density at radius 3 is 1.97 bits per heavy atom. The second-order valence-corrected chi connectivity index (χ2v) is 15.7. The highest BCUT2D eigenvalue weighted by atomic mass is 32.2. The SMILES string of the molecule is CC1(C)C[C@@H]2CN(c3ccc(N4CCS(=O)(=O)CC4)cc3)[C@H]1CCN2C(=O)N1CCS(=O)(=O)CC1. The topological polar surface area (TPSA) is 98.3 Å². The highest BCUT2D eigenvalue weighted by molar-refractivity contribution is 7.91. The van der Waals surface area contributed by atoms with Gasteiger partial charge in [0.1, 0.15) is 0 Å². The number of carbonyl (C=O) groups is 1. The van der Waals surface area contributed by atoms with E-state index in [9.17, 15) is 21.6 Å². The highest BCUT2D eigenvalue weighted by Crippen LogP contribution is 2.44. The second kappa shape index (κ2) is 8.83. The molecular weight excluding hydrogens is 488 g/mol. The molecule has 5 saturated heterocycles. The van der Waals surface area contributed by atoms with Gasteiger partial charge in [0.2, 0.25) is 0 Å². The van der Waals surface area contributed by atoms with E-state index in [1.54, 1.807) is 4.90 Å². The summed E-state index contributed by atoms with van der Waals surface area (Å²) in [6.07, 6.45) is 1.79. The van der Waals surface area contributed by atoms with Crippen LogP contribution in [0.3, 0.4) is 0 Å². The zero-order valence-corrected chi connectivity index (χ0v) is 22.2. The molecule has 1 aromatic carbocycles. The molecule has 2 amide bonds. The first-order valence-electron chi connectivity index (χ1n) is 12.5. The second-order valence-electron chi connectivity index (χ2n) is 11.1. The fourth-order valence-electron chi connectivity index (χ4n) is 6.23. The van der Waals surface area contributed by atoms with E-state index >= 15 is 0 Å². The lowest BCUT2D eigenvalue weighted by Gasteiger charge is -2.49. The van der Waals surface area contributed by atoms with Crippen molar-refractivity contribution in [1.29, 1.82) is 0 Å². The van der Waals surface area contributed by atoms with E-state index in [1.807, 2.05) is 4.90 Å².